The molecule has 1 aliphatic heterocycles. The average molecular weight is 220 g/mol. The number of aromatic nitrogens is 2. The third kappa shape index (κ3) is 2.92. The molecule has 0 aromatic carbocycles. The van der Waals surface area contributed by atoms with Gasteiger partial charge in [-0.3, -0.25) is 0 Å². The van der Waals surface area contributed by atoms with Crippen LogP contribution in [0.5, 0.6) is 0 Å². The average Bonchev–Trinajstić information content (AvgIpc) is 2.31. The van der Waals surface area contributed by atoms with Crippen LogP contribution in [0.3, 0.4) is 0 Å². The monoisotopic (exact) mass is 220 g/mol. The van der Waals surface area contributed by atoms with E-state index in [4.69, 9.17) is 0 Å². The molecule has 16 heavy (non-hydrogen) atoms. The number of rotatable bonds is 3. The maximum atomic E-state index is 4.19. The highest BCUT2D eigenvalue weighted by Crippen LogP contribution is 2.12. The fraction of sp³-hybridized carbons (Fsp3) is 0.667. The first-order valence-electron chi connectivity index (χ1n) is 6.00. The summed E-state index contributed by atoms with van der Waals surface area (Å²) in [6, 6.07) is 4.64. The summed E-state index contributed by atoms with van der Waals surface area (Å²) >= 11 is 0. The molecule has 0 saturated carbocycles. The van der Waals surface area contributed by atoms with Gasteiger partial charge in [-0.2, -0.15) is 5.10 Å². The van der Waals surface area contributed by atoms with E-state index in [1.165, 1.54) is 19.3 Å². The van der Waals surface area contributed by atoms with Gasteiger partial charge in [-0.15, -0.1) is 5.10 Å². The second kappa shape index (κ2) is 5.25. The topological polar surface area (TPSA) is 41.0 Å². The first-order valence-corrected chi connectivity index (χ1v) is 6.00. The van der Waals surface area contributed by atoms with Crippen LogP contribution >= 0.6 is 0 Å². The van der Waals surface area contributed by atoms with Gasteiger partial charge >= 0.3 is 0 Å². The van der Waals surface area contributed by atoms with E-state index in [9.17, 15) is 0 Å². The fourth-order valence-electron chi connectivity index (χ4n) is 2.10. The van der Waals surface area contributed by atoms with Gasteiger partial charge in [0.15, 0.2) is 5.82 Å². The molecule has 1 aromatic heterocycles. The molecule has 1 atom stereocenters. The highest BCUT2D eigenvalue weighted by Gasteiger charge is 2.15. The molecule has 2 rings (SSSR count). The Bertz CT molecular complexity index is 316. The van der Waals surface area contributed by atoms with Crippen LogP contribution in [0.15, 0.2) is 12.1 Å². The zero-order valence-electron chi connectivity index (χ0n) is 10.1. The number of nitrogens with one attached hydrogen (secondary N) is 1. The highest BCUT2D eigenvalue weighted by molar-refractivity contribution is 5.36. The van der Waals surface area contributed by atoms with Crippen molar-refractivity contribution in [2.24, 2.45) is 0 Å². The summed E-state index contributed by atoms with van der Waals surface area (Å²) in [4.78, 5) is 2.18. The summed E-state index contributed by atoms with van der Waals surface area (Å²) in [6.07, 6.45) is 3.92. The Morgan fingerprint density at radius 1 is 1.38 bits per heavy atom. The van der Waals surface area contributed by atoms with E-state index in [0.29, 0.717) is 6.04 Å². The number of hydrogen-bond acceptors (Lipinski definition) is 4. The van der Waals surface area contributed by atoms with Gasteiger partial charge in [0.1, 0.15) is 0 Å². The normalized spacial score (nSPS) is 20.8. The number of nitrogens with zero attached hydrogens (tertiary/aromatic N) is 3. The Morgan fingerprint density at radius 3 is 2.88 bits per heavy atom. The molecule has 1 aliphatic rings. The minimum absolute atomic E-state index is 0.599. The minimum atomic E-state index is 0.599. The Labute approximate surface area is 97.1 Å². The summed E-state index contributed by atoms with van der Waals surface area (Å²) in [7, 11) is 2.08. The van der Waals surface area contributed by atoms with Crippen molar-refractivity contribution in [2.45, 2.75) is 32.2 Å². The number of aryl methyl sites for hydroxylation is 1. The van der Waals surface area contributed by atoms with Gasteiger partial charge in [0, 0.05) is 19.6 Å². The van der Waals surface area contributed by atoms with E-state index in [1.54, 1.807) is 0 Å². The number of likely N-dealkylation sites (N-methyl/N-ethyl adjacent to an activating group) is 1. The van der Waals surface area contributed by atoms with Gasteiger partial charge in [-0.05, 0) is 38.4 Å². The van der Waals surface area contributed by atoms with Gasteiger partial charge < -0.3 is 10.2 Å². The Kier molecular flexibility index (Phi) is 3.72. The van der Waals surface area contributed by atoms with Crippen molar-refractivity contribution < 1.29 is 0 Å². The molecular weight excluding hydrogens is 200 g/mol. The van der Waals surface area contributed by atoms with E-state index in [-0.39, 0.29) is 0 Å². The molecule has 4 nitrogen and oxygen atoms in total. The predicted octanol–water partition coefficient (Wildman–Crippen LogP) is 1.36. The molecule has 88 valence electrons. The second-order valence-electron chi connectivity index (χ2n) is 4.56. The molecule has 4 heteroatoms. The van der Waals surface area contributed by atoms with E-state index >= 15 is 0 Å². The van der Waals surface area contributed by atoms with Crippen LogP contribution in [0.25, 0.3) is 0 Å². The molecule has 1 saturated heterocycles. The molecule has 1 aromatic rings. The van der Waals surface area contributed by atoms with Crippen molar-refractivity contribution >= 4 is 5.82 Å². The van der Waals surface area contributed by atoms with Crippen LogP contribution < -0.4 is 10.2 Å². The van der Waals surface area contributed by atoms with Crippen LogP contribution in [0.4, 0.5) is 5.82 Å². The smallest absolute Gasteiger partial charge is 0.151 e. The number of piperidine rings is 1. The molecule has 0 spiro atoms. The summed E-state index contributed by atoms with van der Waals surface area (Å²) in [5, 5.41) is 11.8. The molecule has 1 unspecified atom stereocenters. The van der Waals surface area contributed by atoms with Crippen LogP contribution in [-0.2, 0) is 0 Å². The Balaban J connectivity index is 1.91. The highest BCUT2D eigenvalue weighted by atomic mass is 15.3. The lowest BCUT2D eigenvalue weighted by atomic mass is 10.0. The van der Waals surface area contributed by atoms with E-state index in [1.807, 2.05) is 19.1 Å². The van der Waals surface area contributed by atoms with E-state index < -0.39 is 0 Å². The van der Waals surface area contributed by atoms with Crippen LogP contribution in [0, 0.1) is 6.92 Å². The maximum absolute atomic E-state index is 4.19. The van der Waals surface area contributed by atoms with Gasteiger partial charge in [-0.1, -0.05) is 6.42 Å². The lowest BCUT2D eigenvalue weighted by Gasteiger charge is -2.28. The SMILES string of the molecule is Cc1ccc(N(C)CC2CCCCN2)nn1. The van der Waals surface area contributed by atoms with Crippen molar-refractivity contribution in [2.75, 3.05) is 25.0 Å². The van der Waals surface area contributed by atoms with Gasteiger partial charge in [0.25, 0.3) is 0 Å². The van der Waals surface area contributed by atoms with E-state index in [2.05, 4.69) is 27.5 Å². The minimum Gasteiger partial charge on any atom is -0.357 e. The Hall–Kier alpha value is -1.16. The molecule has 0 radical (unpaired) electrons. The zero-order valence-corrected chi connectivity index (χ0v) is 10.1. The quantitative estimate of drug-likeness (QED) is 0.835. The van der Waals surface area contributed by atoms with E-state index in [0.717, 1.165) is 24.6 Å². The molecule has 0 bridgehead atoms. The summed E-state index contributed by atoms with van der Waals surface area (Å²) in [5.41, 5.74) is 0.966. The molecule has 0 amide bonds. The van der Waals surface area contributed by atoms with Crippen LogP contribution in [0.1, 0.15) is 25.0 Å². The summed E-state index contributed by atoms with van der Waals surface area (Å²) < 4.78 is 0. The zero-order chi connectivity index (χ0) is 11.4. The lowest BCUT2D eigenvalue weighted by molar-refractivity contribution is 0.402. The van der Waals surface area contributed by atoms with Crippen LogP contribution in [-0.4, -0.2) is 36.4 Å². The molecule has 2 heterocycles. The lowest BCUT2D eigenvalue weighted by Crippen LogP contribution is -2.42. The van der Waals surface area contributed by atoms with Crippen molar-refractivity contribution in [3.8, 4) is 0 Å². The van der Waals surface area contributed by atoms with Gasteiger partial charge in [-0.25, -0.2) is 0 Å². The van der Waals surface area contributed by atoms with Gasteiger partial charge in [0.05, 0.1) is 5.69 Å². The first-order chi connectivity index (χ1) is 7.75. The summed E-state index contributed by atoms with van der Waals surface area (Å²) in [6.45, 7) is 4.12. The second-order valence-corrected chi connectivity index (χ2v) is 4.56. The predicted molar refractivity (Wildman–Crippen MR) is 65.7 cm³/mol. The van der Waals surface area contributed by atoms with Crippen LogP contribution in [0.2, 0.25) is 0 Å². The molecule has 1 N–H and O–H groups in total. The Morgan fingerprint density at radius 2 is 2.25 bits per heavy atom. The third-order valence-corrected chi connectivity index (χ3v) is 3.08. The van der Waals surface area contributed by atoms with Gasteiger partial charge in [0.2, 0.25) is 0 Å². The van der Waals surface area contributed by atoms with Crippen molar-refractivity contribution in [1.82, 2.24) is 15.5 Å². The fourth-order valence-corrected chi connectivity index (χ4v) is 2.10. The molecule has 1 fully saturated rings. The maximum Gasteiger partial charge on any atom is 0.151 e. The van der Waals surface area contributed by atoms with Crippen molar-refractivity contribution in [1.29, 1.82) is 0 Å². The molecule has 0 aliphatic carbocycles. The largest absolute Gasteiger partial charge is 0.357 e. The third-order valence-electron chi connectivity index (χ3n) is 3.08. The molecular formula is C12H20N4. The first kappa shape index (κ1) is 11.3. The number of hydrogen-bond donors (Lipinski definition) is 1. The number of anilines is 1. The van der Waals surface area contributed by atoms with Crippen molar-refractivity contribution in [3.63, 3.8) is 0 Å². The summed E-state index contributed by atoms with van der Waals surface area (Å²) in [5.74, 6) is 0.956. The standard InChI is InChI=1S/C12H20N4/c1-10-6-7-12(15-14-10)16(2)9-11-5-3-4-8-13-11/h6-7,11,13H,3-5,8-9H2,1-2H3. The van der Waals surface area contributed by atoms with Crippen molar-refractivity contribution in [3.05, 3.63) is 17.8 Å².